The van der Waals surface area contributed by atoms with Gasteiger partial charge in [0.15, 0.2) is 0 Å². The molecule has 1 aromatic carbocycles. The predicted octanol–water partition coefficient (Wildman–Crippen LogP) is 2.53. The Morgan fingerprint density at radius 1 is 1.26 bits per heavy atom. The SMILES string of the molecule is O=S(=O)(CC1CC1)Nc1ccc(S(=O)(=O)Cl)cc1Br. The molecular weight excluding hydrogens is 378 g/mol. The lowest BCUT2D eigenvalue weighted by atomic mass is 10.3. The Morgan fingerprint density at radius 3 is 2.37 bits per heavy atom. The first-order chi connectivity index (χ1) is 8.67. The Bertz CT molecular complexity index is 698. The van der Waals surface area contributed by atoms with Crippen molar-refractivity contribution in [3.63, 3.8) is 0 Å². The third-order valence-electron chi connectivity index (χ3n) is 2.64. The van der Waals surface area contributed by atoms with Gasteiger partial charge in [-0.2, -0.15) is 0 Å². The zero-order valence-corrected chi connectivity index (χ0v) is 13.6. The number of hydrogen-bond acceptors (Lipinski definition) is 4. The fourth-order valence-electron chi connectivity index (χ4n) is 1.53. The minimum absolute atomic E-state index is 0.0915. The van der Waals surface area contributed by atoms with Crippen LogP contribution in [-0.4, -0.2) is 22.6 Å². The van der Waals surface area contributed by atoms with E-state index in [-0.39, 0.29) is 16.6 Å². The molecule has 2 rings (SSSR count). The topological polar surface area (TPSA) is 80.3 Å². The summed E-state index contributed by atoms with van der Waals surface area (Å²) in [5, 5.41) is 0. The highest BCUT2D eigenvalue weighted by Crippen LogP contribution is 2.32. The summed E-state index contributed by atoms with van der Waals surface area (Å²) in [4.78, 5) is -0.0915. The van der Waals surface area contributed by atoms with E-state index in [1.54, 1.807) is 0 Å². The molecule has 0 spiro atoms. The van der Waals surface area contributed by atoms with E-state index in [1.807, 2.05) is 0 Å². The van der Waals surface area contributed by atoms with Crippen LogP contribution in [0.5, 0.6) is 0 Å². The van der Waals surface area contributed by atoms with Crippen LogP contribution >= 0.6 is 26.6 Å². The van der Waals surface area contributed by atoms with Crippen LogP contribution in [0.15, 0.2) is 27.6 Å². The van der Waals surface area contributed by atoms with Gasteiger partial charge >= 0.3 is 0 Å². The number of halogens is 2. The van der Waals surface area contributed by atoms with Crippen molar-refractivity contribution in [3.05, 3.63) is 22.7 Å². The fourth-order valence-corrected chi connectivity index (χ4v) is 4.62. The summed E-state index contributed by atoms with van der Waals surface area (Å²) in [6.45, 7) is 0. The van der Waals surface area contributed by atoms with E-state index < -0.39 is 19.1 Å². The van der Waals surface area contributed by atoms with Crippen LogP contribution in [0.4, 0.5) is 5.69 Å². The van der Waals surface area contributed by atoms with E-state index in [2.05, 4.69) is 20.7 Å². The third-order valence-corrected chi connectivity index (χ3v) is 6.09. The molecular formula is C10H11BrClNO4S2. The summed E-state index contributed by atoms with van der Waals surface area (Å²) in [5.41, 5.74) is 0.296. The Balaban J connectivity index is 2.22. The third kappa shape index (κ3) is 4.34. The highest BCUT2D eigenvalue weighted by atomic mass is 79.9. The van der Waals surface area contributed by atoms with Gasteiger partial charge in [-0.05, 0) is 52.9 Å². The summed E-state index contributed by atoms with van der Waals surface area (Å²) in [6, 6.07) is 3.88. The van der Waals surface area contributed by atoms with Gasteiger partial charge in [0.1, 0.15) is 0 Å². The zero-order chi connectivity index (χ0) is 14.3. The molecule has 9 heteroatoms. The molecule has 0 heterocycles. The first-order valence-electron chi connectivity index (χ1n) is 5.42. The Kier molecular flexibility index (Phi) is 4.15. The van der Waals surface area contributed by atoms with Gasteiger partial charge < -0.3 is 0 Å². The molecule has 0 bridgehead atoms. The van der Waals surface area contributed by atoms with Crippen molar-refractivity contribution in [2.24, 2.45) is 5.92 Å². The number of anilines is 1. The van der Waals surface area contributed by atoms with Crippen molar-refractivity contribution in [2.45, 2.75) is 17.7 Å². The van der Waals surface area contributed by atoms with Crippen molar-refractivity contribution < 1.29 is 16.8 Å². The standard InChI is InChI=1S/C10H11BrClNO4S2/c11-9-5-8(19(12,16)17)3-4-10(9)13-18(14,15)6-7-1-2-7/h3-5,7,13H,1-2,6H2. The molecule has 1 saturated carbocycles. The van der Waals surface area contributed by atoms with Gasteiger partial charge in [0.25, 0.3) is 9.05 Å². The zero-order valence-electron chi connectivity index (χ0n) is 9.64. The Morgan fingerprint density at radius 2 is 1.89 bits per heavy atom. The molecule has 5 nitrogen and oxygen atoms in total. The minimum Gasteiger partial charge on any atom is -0.282 e. The van der Waals surface area contributed by atoms with Crippen LogP contribution in [-0.2, 0) is 19.1 Å². The van der Waals surface area contributed by atoms with Gasteiger partial charge in [0.05, 0.1) is 16.3 Å². The number of hydrogen-bond donors (Lipinski definition) is 1. The van der Waals surface area contributed by atoms with Crippen LogP contribution in [0.1, 0.15) is 12.8 Å². The van der Waals surface area contributed by atoms with Gasteiger partial charge in [0.2, 0.25) is 10.0 Å². The molecule has 1 aromatic rings. The molecule has 1 aliphatic rings. The summed E-state index contributed by atoms with van der Waals surface area (Å²) < 4.78 is 48.7. The minimum atomic E-state index is -3.83. The summed E-state index contributed by atoms with van der Waals surface area (Å²) >= 11 is 3.12. The molecule has 0 saturated heterocycles. The lowest BCUT2D eigenvalue weighted by Gasteiger charge is -2.10. The maximum Gasteiger partial charge on any atom is 0.261 e. The van der Waals surface area contributed by atoms with Crippen molar-refractivity contribution in [1.82, 2.24) is 0 Å². The number of nitrogens with one attached hydrogen (secondary N) is 1. The molecule has 0 atom stereocenters. The van der Waals surface area contributed by atoms with E-state index in [9.17, 15) is 16.8 Å². The normalized spacial score (nSPS) is 16.3. The summed E-state index contributed by atoms with van der Waals surface area (Å²) in [5.74, 6) is 0.327. The van der Waals surface area contributed by atoms with E-state index in [0.29, 0.717) is 10.2 Å². The lowest BCUT2D eigenvalue weighted by molar-refractivity contribution is 0.597. The van der Waals surface area contributed by atoms with E-state index in [1.165, 1.54) is 18.2 Å². The Labute approximate surface area is 124 Å². The predicted molar refractivity (Wildman–Crippen MR) is 77.3 cm³/mol. The lowest BCUT2D eigenvalue weighted by Crippen LogP contribution is -2.18. The van der Waals surface area contributed by atoms with Gasteiger partial charge in [-0.1, -0.05) is 0 Å². The van der Waals surface area contributed by atoms with Gasteiger partial charge in [-0.3, -0.25) is 4.72 Å². The first kappa shape index (κ1) is 15.1. The number of sulfonamides is 1. The van der Waals surface area contributed by atoms with E-state index in [0.717, 1.165) is 12.8 Å². The monoisotopic (exact) mass is 387 g/mol. The summed E-state index contributed by atoms with van der Waals surface area (Å²) in [7, 11) is -2.03. The largest absolute Gasteiger partial charge is 0.282 e. The highest BCUT2D eigenvalue weighted by molar-refractivity contribution is 9.10. The maximum atomic E-state index is 11.8. The molecule has 106 valence electrons. The average molecular weight is 389 g/mol. The molecule has 0 unspecified atom stereocenters. The van der Waals surface area contributed by atoms with Gasteiger partial charge in [-0.25, -0.2) is 16.8 Å². The van der Waals surface area contributed by atoms with Crippen LogP contribution in [0.2, 0.25) is 0 Å². The number of rotatable bonds is 5. The van der Waals surface area contributed by atoms with Crippen LogP contribution in [0, 0.1) is 5.92 Å². The second kappa shape index (κ2) is 5.23. The first-order valence-corrected chi connectivity index (χ1v) is 10.2. The molecule has 0 radical (unpaired) electrons. The van der Waals surface area contributed by atoms with Gasteiger partial charge in [0, 0.05) is 15.2 Å². The number of benzene rings is 1. The molecule has 0 aliphatic heterocycles. The maximum absolute atomic E-state index is 11.8. The quantitative estimate of drug-likeness (QED) is 0.786. The van der Waals surface area contributed by atoms with Crippen LogP contribution in [0.3, 0.4) is 0 Å². The molecule has 1 N–H and O–H groups in total. The van der Waals surface area contributed by atoms with Crippen LogP contribution in [0.25, 0.3) is 0 Å². The van der Waals surface area contributed by atoms with Crippen molar-refractivity contribution >= 4 is 51.4 Å². The van der Waals surface area contributed by atoms with Crippen molar-refractivity contribution in [2.75, 3.05) is 10.5 Å². The molecule has 0 amide bonds. The van der Waals surface area contributed by atoms with Crippen LogP contribution < -0.4 is 4.72 Å². The van der Waals surface area contributed by atoms with E-state index in [4.69, 9.17) is 10.7 Å². The molecule has 19 heavy (non-hydrogen) atoms. The van der Waals surface area contributed by atoms with Gasteiger partial charge in [-0.15, -0.1) is 0 Å². The van der Waals surface area contributed by atoms with E-state index >= 15 is 0 Å². The second-order valence-electron chi connectivity index (χ2n) is 4.41. The second-order valence-corrected chi connectivity index (χ2v) is 9.59. The average Bonchev–Trinajstić information content (AvgIpc) is 3.02. The highest BCUT2D eigenvalue weighted by Gasteiger charge is 2.28. The molecule has 1 fully saturated rings. The van der Waals surface area contributed by atoms with Crippen molar-refractivity contribution in [1.29, 1.82) is 0 Å². The molecule has 0 aromatic heterocycles. The molecule has 1 aliphatic carbocycles. The van der Waals surface area contributed by atoms with Crippen molar-refractivity contribution in [3.8, 4) is 0 Å². The smallest absolute Gasteiger partial charge is 0.261 e. The fraction of sp³-hybridized carbons (Fsp3) is 0.400. The summed E-state index contributed by atoms with van der Waals surface area (Å²) in [6.07, 6.45) is 1.87. The Hall–Kier alpha value is -0.310.